The number of pyridine rings is 1. The summed E-state index contributed by atoms with van der Waals surface area (Å²) in [5, 5.41) is 9.15. The van der Waals surface area contributed by atoms with Gasteiger partial charge in [-0.3, -0.25) is 19.9 Å². The zero-order valence-corrected chi connectivity index (χ0v) is 16.7. The lowest BCUT2D eigenvalue weighted by Gasteiger charge is -2.31. The van der Waals surface area contributed by atoms with Gasteiger partial charge in [-0.1, -0.05) is 54.6 Å². The highest BCUT2D eigenvalue weighted by molar-refractivity contribution is 5.89. The summed E-state index contributed by atoms with van der Waals surface area (Å²) >= 11 is 0. The predicted molar refractivity (Wildman–Crippen MR) is 115 cm³/mol. The summed E-state index contributed by atoms with van der Waals surface area (Å²) in [5.74, 6) is -0.325. The normalized spacial score (nSPS) is 19.6. The molecule has 2 aromatic carbocycles. The van der Waals surface area contributed by atoms with Crippen LogP contribution < -0.4 is 16.0 Å². The molecule has 0 spiro atoms. The van der Waals surface area contributed by atoms with Gasteiger partial charge in [0.05, 0.1) is 18.5 Å². The van der Waals surface area contributed by atoms with Crippen LogP contribution in [0.3, 0.4) is 0 Å². The maximum Gasteiger partial charge on any atom is 0.238 e. The van der Waals surface area contributed by atoms with E-state index in [2.05, 4.69) is 20.9 Å². The molecule has 152 valence electrons. The van der Waals surface area contributed by atoms with Crippen LogP contribution in [0.15, 0.2) is 79.1 Å². The van der Waals surface area contributed by atoms with E-state index in [4.69, 9.17) is 0 Å². The van der Waals surface area contributed by atoms with E-state index in [9.17, 15) is 9.59 Å². The number of benzene rings is 2. The Balaban J connectivity index is 1.41. The Kier molecular flexibility index (Phi) is 5.86. The van der Waals surface area contributed by atoms with Crippen molar-refractivity contribution < 1.29 is 9.59 Å². The number of aromatic nitrogens is 1. The molecule has 2 heterocycles. The molecule has 1 saturated heterocycles. The molecule has 1 aromatic heterocycles. The molecule has 1 aliphatic rings. The predicted octanol–water partition coefficient (Wildman–Crippen LogP) is 3.10. The monoisotopic (exact) mass is 400 g/mol. The second kappa shape index (κ2) is 8.88. The van der Waals surface area contributed by atoms with E-state index in [1.54, 1.807) is 12.4 Å². The van der Waals surface area contributed by atoms with Crippen molar-refractivity contribution >= 4 is 11.8 Å². The average Bonchev–Trinajstić information content (AvgIpc) is 2.80. The van der Waals surface area contributed by atoms with E-state index in [-0.39, 0.29) is 30.4 Å². The number of hydrogen-bond acceptors (Lipinski definition) is 4. The molecule has 6 heteroatoms. The molecule has 3 atom stereocenters. The molecule has 3 aromatic rings. The highest BCUT2D eigenvalue weighted by Gasteiger charge is 2.31. The van der Waals surface area contributed by atoms with E-state index in [1.807, 2.05) is 73.7 Å². The number of hydrogen-bond donors (Lipinski definition) is 3. The Labute approximate surface area is 175 Å². The molecule has 2 amide bonds. The molecular formula is C24H24N4O2. The van der Waals surface area contributed by atoms with E-state index in [0.29, 0.717) is 0 Å². The fourth-order valence-corrected chi connectivity index (χ4v) is 3.61. The van der Waals surface area contributed by atoms with E-state index < -0.39 is 6.04 Å². The maximum absolute atomic E-state index is 12.8. The van der Waals surface area contributed by atoms with Crippen molar-refractivity contribution in [3.8, 4) is 11.1 Å². The van der Waals surface area contributed by atoms with Gasteiger partial charge in [-0.2, -0.15) is 0 Å². The fraction of sp³-hybridized carbons (Fsp3) is 0.208. The summed E-state index contributed by atoms with van der Waals surface area (Å²) in [6, 6.07) is 20.8. The van der Waals surface area contributed by atoms with Crippen LogP contribution in [0, 0.1) is 0 Å². The van der Waals surface area contributed by atoms with E-state index >= 15 is 0 Å². The molecule has 3 N–H and O–H groups in total. The lowest BCUT2D eigenvalue weighted by atomic mass is 10.0. The van der Waals surface area contributed by atoms with Crippen molar-refractivity contribution in [3.63, 3.8) is 0 Å². The molecule has 1 fully saturated rings. The van der Waals surface area contributed by atoms with Crippen LogP contribution >= 0.6 is 0 Å². The van der Waals surface area contributed by atoms with E-state index in [0.717, 1.165) is 22.3 Å². The summed E-state index contributed by atoms with van der Waals surface area (Å²) in [6.07, 6.45) is 3.27. The van der Waals surface area contributed by atoms with Gasteiger partial charge < -0.3 is 10.6 Å². The Bertz CT molecular complexity index is 1010. The number of nitrogens with zero attached hydrogens (tertiary/aromatic N) is 1. The van der Waals surface area contributed by atoms with Crippen LogP contribution in [0.5, 0.6) is 0 Å². The van der Waals surface area contributed by atoms with Crippen LogP contribution in [0.1, 0.15) is 36.7 Å². The minimum atomic E-state index is -0.581. The Morgan fingerprint density at radius 1 is 1.00 bits per heavy atom. The van der Waals surface area contributed by atoms with Gasteiger partial charge in [0.1, 0.15) is 6.17 Å². The van der Waals surface area contributed by atoms with Crippen molar-refractivity contribution in [3.05, 3.63) is 90.3 Å². The first-order valence-corrected chi connectivity index (χ1v) is 10.0. The van der Waals surface area contributed by atoms with Crippen molar-refractivity contribution in [2.75, 3.05) is 0 Å². The molecule has 0 radical (unpaired) electrons. The standard InChI is InChI=1S/C24H24N4O2/c1-16(17-7-9-18(10-8-17)19-11-13-25-14-12-19)26-24(30)21-15-22(29)28-23(27-21)20-5-3-2-4-6-20/h2-14,16,21,23,27H,15H2,1H3,(H,26,30)(H,28,29). The number of carbonyl (C=O) groups excluding carboxylic acids is 2. The highest BCUT2D eigenvalue weighted by Crippen LogP contribution is 2.22. The lowest BCUT2D eigenvalue weighted by molar-refractivity contribution is -0.132. The molecule has 30 heavy (non-hydrogen) atoms. The van der Waals surface area contributed by atoms with Crippen LogP contribution in [-0.2, 0) is 9.59 Å². The lowest BCUT2D eigenvalue weighted by Crippen LogP contribution is -2.56. The number of amides is 2. The third-order valence-electron chi connectivity index (χ3n) is 5.30. The largest absolute Gasteiger partial charge is 0.348 e. The van der Waals surface area contributed by atoms with Gasteiger partial charge in [0.2, 0.25) is 11.8 Å². The summed E-state index contributed by atoms with van der Waals surface area (Å²) in [5.41, 5.74) is 4.11. The summed E-state index contributed by atoms with van der Waals surface area (Å²) in [7, 11) is 0. The molecule has 3 unspecified atom stereocenters. The average molecular weight is 400 g/mol. The third-order valence-corrected chi connectivity index (χ3v) is 5.30. The van der Waals surface area contributed by atoms with Crippen LogP contribution in [0.25, 0.3) is 11.1 Å². The van der Waals surface area contributed by atoms with Gasteiger partial charge >= 0.3 is 0 Å². The van der Waals surface area contributed by atoms with Crippen molar-refractivity contribution in [1.29, 1.82) is 0 Å². The second-order valence-corrected chi connectivity index (χ2v) is 7.42. The summed E-state index contributed by atoms with van der Waals surface area (Å²) in [4.78, 5) is 29.0. The molecular weight excluding hydrogens is 376 g/mol. The van der Waals surface area contributed by atoms with Gasteiger partial charge in [-0.15, -0.1) is 0 Å². The molecule has 4 rings (SSSR count). The van der Waals surface area contributed by atoms with Gasteiger partial charge in [-0.25, -0.2) is 0 Å². The van der Waals surface area contributed by atoms with Gasteiger partial charge in [-0.05, 0) is 41.3 Å². The van der Waals surface area contributed by atoms with Crippen molar-refractivity contribution in [1.82, 2.24) is 20.9 Å². The van der Waals surface area contributed by atoms with Crippen LogP contribution in [0.2, 0.25) is 0 Å². The van der Waals surface area contributed by atoms with E-state index in [1.165, 1.54) is 0 Å². The summed E-state index contributed by atoms with van der Waals surface area (Å²) in [6.45, 7) is 1.94. The Hall–Kier alpha value is -3.51. The number of carbonyl (C=O) groups is 2. The van der Waals surface area contributed by atoms with Crippen LogP contribution in [0.4, 0.5) is 0 Å². The van der Waals surface area contributed by atoms with Gasteiger partial charge in [0.25, 0.3) is 0 Å². The Morgan fingerprint density at radius 2 is 1.67 bits per heavy atom. The molecule has 0 saturated carbocycles. The quantitative estimate of drug-likeness (QED) is 0.615. The first kappa shape index (κ1) is 19.8. The van der Waals surface area contributed by atoms with Crippen LogP contribution in [-0.4, -0.2) is 22.8 Å². The minimum absolute atomic E-state index is 0.114. The number of rotatable bonds is 5. The topological polar surface area (TPSA) is 83.1 Å². The summed E-state index contributed by atoms with van der Waals surface area (Å²) < 4.78 is 0. The minimum Gasteiger partial charge on any atom is -0.348 e. The highest BCUT2D eigenvalue weighted by atomic mass is 16.2. The first-order valence-electron chi connectivity index (χ1n) is 10.0. The number of nitrogens with one attached hydrogen (secondary N) is 3. The van der Waals surface area contributed by atoms with Crippen molar-refractivity contribution in [2.45, 2.75) is 31.6 Å². The molecule has 0 aliphatic carbocycles. The molecule has 6 nitrogen and oxygen atoms in total. The SMILES string of the molecule is CC(NC(=O)C1CC(=O)NC(c2ccccc2)N1)c1ccc(-c2ccncc2)cc1. The third kappa shape index (κ3) is 4.55. The zero-order chi connectivity index (χ0) is 20.9. The maximum atomic E-state index is 12.8. The molecule has 1 aliphatic heterocycles. The Morgan fingerprint density at radius 3 is 2.37 bits per heavy atom. The molecule has 0 bridgehead atoms. The first-order chi connectivity index (χ1) is 14.6. The van der Waals surface area contributed by atoms with Gasteiger partial charge in [0.15, 0.2) is 0 Å². The zero-order valence-electron chi connectivity index (χ0n) is 16.7. The second-order valence-electron chi connectivity index (χ2n) is 7.42. The smallest absolute Gasteiger partial charge is 0.238 e. The van der Waals surface area contributed by atoms with Crippen molar-refractivity contribution in [2.24, 2.45) is 0 Å². The fourth-order valence-electron chi connectivity index (χ4n) is 3.61. The van der Waals surface area contributed by atoms with Gasteiger partial charge in [0, 0.05) is 12.4 Å².